The third-order valence-electron chi connectivity index (χ3n) is 6.63. The van der Waals surface area contributed by atoms with Gasteiger partial charge in [0.25, 0.3) is 5.91 Å². The van der Waals surface area contributed by atoms with Gasteiger partial charge < -0.3 is 34.3 Å². The Labute approximate surface area is 279 Å². The van der Waals surface area contributed by atoms with Crippen LogP contribution < -0.4 is 35.0 Å². The molecule has 0 bridgehead atoms. The Hall–Kier alpha value is -4.75. The molecule has 0 unspecified atom stereocenters. The number of carbonyl (C=O) groups excluding carboxylic acids is 3. The zero-order valence-electron chi connectivity index (χ0n) is 25.4. The third kappa shape index (κ3) is 8.70. The van der Waals surface area contributed by atoms with Gasteiger partial charge in [-0.25, -0.2) is 15.0 Å². The number of nitrogens with one attached hydrogen (secondary N) is 3. The topological polar surface area (TPSA) is 146 Å². The van der Waals surface area contributed by atoms with E-state index in [0.29, 0.717) is 44.4 Å². The minimum Gasteiger partial charge on any atom is -0.493 e. The first-order valence-electron chi connectivity index (χ1n) is 14.0. The Morgan fingerprint density at radius 3 is 2.41 bits per heavy atom. The van der Waals surface area contributed by atoms with Crippen molar-refractivity contribution in [2.45, 2.75) is 26.5 Å². The number of esters is 1. The Kier molecular flexibility index (Phi) is 11.9. The summed E-state index contributed by atoms with van der Waals surface area (Å²) in [6.07, 6.45) is 1.45. The Balaban J connectivity index is 1.37. The maximum Gasteiger partial charge on any atom is 0.338 e. The molecule has 14 heteroatoms. The molecule has 3 aromatic carbocycles. The first kappa shape index (κ1) is 34.1. The molecule has 1 atom stereocenters. The van der Waals surface area contributed by atoms with E-state index in [2.05, 4.69) is 37.1 Å². The molecule has 0 aliphatic carbocycles. The van der Waals surface area contributed by atoms with Crippen LogP contribution in [0.1, 0.15) is 36.6 Å². The second-order valence-corrected chi connectivity index (χ2v) is 11.0. The number of hydrogen-bond acceptors (Lipinski definition) is 9. The molecule has 0 saturated heterocycles. The summed E-state index contributed by atoms with van der Waals surface area (Å²) in [5, 5.41) is 9.99. The fourth-order valence-electron chi connectivity index (χ4n) is 4.42. The fraction of sp³-hybridized carbons (Fsp3) is 0.250. The molecular weight excluding hydrogens is 684 g/mol. The zero-order chi connectivity index (χ0) is 33.2. The molecule has 3 amide bonds. The molecule has 3 N–H and O–H groups in total. The van der Waals surface area contributed by atoms with Gasteiger partial charge in [0.1, 0.15) is 6.61 Å². The van der Waals surface area contributed by atoms with E-state index in [1.165, 1.54) is 20.4 Å². The van der Waals surface area contributed by atoms with Crippen molar-refractivity contribution in [3.63, 3.8) is 0 Å². The molecule has 0 fully saturated rings. The van der Waals surface area contributed by atoms with Gasteiger partial charge in [0.2, 0.25) is 0 Å². The normalized spacial score (nSPS) is 14.3. The highest BCUT2D eigenvalue weighted by atomic mass is 79.9. The maximum absolute atomic E-state index is 12.6. The summed E-state index contributed by atoms with van der Waals surface area (Å²) in [6.45, 7) is 3.44. The minimum atomic E-state index is -0.782. The molecular formula is C32H32BrClN4O8. The van der Waals surface area contributed by atoms with Crippen molar-refractivity contribution in [3.05, 3.63) is 92.1 Å². The van der Waals surface area contributed by atoms with Crippen LogP contribution in [-0.4, -0.2) is 51.6 Å². The number of allylic oxidation sites excluding steroid dienone is 1. The fourth-order valence-corrected chi connectivity index (χ4v) is 4.97. The average Bonchev–Trinajstić information content (AvgIpc) is 3.03. The van der Waals surface area contributed by atoms with E-state index in [0.717, 1.165) is 5.56 Å². The lowest BCUT2D eigenvalue weighted by molar-refractivity contribution is -0.139. The number of hydrogen-bond donors (Lipinski definition) is 3. The number of ether oxygens (including phenoxy) is 5. The molecule has 1 aliphatic rings. The van der Waals surface area contributed by atoms with Gasteiger partial charge in [0.05, 0.1) is 38.7 Å². The highest BCUT2D eigenvalue weighted by Gasteiger charge is 2.32. The van der Waals surface area contributed by atoms with Crippen molar-refractivity contribution < 1.29 is 38.1 Å². The van der Waals surface area contributed by atoms with Gasteiger partial charge in [-0.1, -0.05) is 29.8 Å². The van der Waals surface area contributed by atoms with Gasteiger partial charge in [0, 0.05) is 20.8 Å². The number of urea groups is 1. The lowest BCUT2D eigenvalue weighted by atomic mass is 9.95. The third-order valence-corrected chi connectivity index (χ3v) is 7.57. The van der Waals surface area contributed by atoms with Gasteiger partial charge in [-0.2, -0.15) is 5.10 Å². The predicted molar refractivity (Wildman–Crippen MR) is 174 cm³/mol. The highest BCUT2D eigenvalue weighted by molar-refractivity contribution is 9.10. The van der Waals surface area contributed by atoms with Crippen LogP contribution in [0.15, 0.2) is 75.4 Å². The largest absolute Gasteiger partial charge is 0.493 e. The van der Waals surface area contributed by atoms with Crippen LogP contribution in [0, 0.1) is 0 Å². The smallest absolute Gasteiger partial charge is 0.338 e. The minimum absolute atomic E-state index is 0.178. The van der Waals surface area contributed by atoms with Crippen LogP contribution in [0.25, 0.3) is 0 Å². The second-order valence-electron chi connectivity index (χ2n) is 9.72. The zero-order valence-corrected chi connectivity index (χ0v) is 27.8. The van der Waals surface area contributed by atoms with Gasteiger partial charge >= 0.3 is 12.0 Å². The van der Waals surface area contributed by atoms with Crippen molar-refractivity contribution >= 4 is 51.7 Å². The van der Waals surface area contributed by atoms with E-state index in [1.807, 2.05) is 12.1 Å². The number of halogens is 2. The van der Waals surface area contributed by atoms with Crippen molar-refractivity contribution in [1.29, 1.82) is 0 Å². The number of nitrogens with zero attached hydrogens (tertiary/aromatic N) is 1. The first-order valence-corrected chi connectivity index (χ1v) is 15.1. The summed E-state index contributed by atoms with van der Waals surface area (Å²) < 4.78 is 28.4. The summed E-state index contributed by atoms with van der Waals surface area (Å²) in [4.78, 5) is 37.3. The van der Waals surface area contributed by atoms with Crippen LogP contribution >= 0.6 is 27.5 Å². The lowest BCUT2D eigenvalue weighted by Gasteiger charge is -2.28. The molecule has 12 nitrogen and oxygen atoms in total. The summed E-state index contributed by atoms with van der Waals surface area (Å²) in [5.74, 6) is 0.472. The van der Waals surface area contributed by atoms with Gasteiger partial charge in [-0.15, -0.1) is 0 Å². The standard InChI is InChI=1S/C32H32BrClN4O8/c1-5-44-31(40)29-18(2)36-32(41)37-30(29)20-8-11-24(25(12-20)42-3)46-17-28(39)38-35-15-21-13-26(43-4)27(14-23(21)33)45-16-19-6-9-22(34)10-7-19/h6-15,30H,5,16-17H2,1-4H3,(H,38,39)(H2,36,37,41)/b35-15-/t30-/m1/s1. The molecule has 1 heterocycles. The molecule has 0 spiro atoms. The molecule has 0 radical (unpaired) electrons. The number of methoxy groups -OCH3 is 2. The monoisotopic (exact) mass is 714 g/mol. The molecule has 0 saturated carbocycles. The van der Waals surface area contributed by atoms with Gasteiger partial charge in [0.15, 0.2) is 29.6 Å². The molecule has 3 aromatic rings. The number of carbonyl (C=O) groups is 3. The van der Waals surface area contributed by atoms with Crippen LogP contribution in [-0.2, 0) is 20.9 Å². The number of benzene rings is 3. The van der Waals surface area contributed by atoms with Crippen molar-refractivity contribution in [3.8, 4) is 23.0 Å². The second kappa shape index (κ2) is 16.0. The number of rotatable bonds is 13. The quantitative estimate of drug-likeness (QED) is 0.121. The van der Waals surface area contributed by atoms with Crippen LogP contribution in [0.3, 0.4) is 0 Å². The Bertz CT molecular complexity index is 1660. The van der Waals surface area contributed by atoms with Gasteiger partial charge in [-0.3, -0.25) is 4.79 Å². The van der Waals surface area contributed by atoms with E-state index in [1.54, 1.807) is 56.3 Å². The van der Waals surface area contributed by atoms with Crippen molar-refractivity contribution in [1.82, 2.24) is 16.1 Å². The summed E-state index contributed by atoms with van der Waals surface area (Å²) in [6, 6.07) is 14.4. The molecule has 46 heavy (non-hydrogen) atoms. The Morgan fingerprint density at radius 1 is 1.00 bits per heavy atom. The van der Waals surface area contributed by atoms with E-state index < -0.39 is 23.9 Å². The number of amides is 3. The van der Waals surface area contributed by atoms with Crippen LogP contribution in [0.5, 0.6) is 23.0 Å². The highest BCUT2D eigenvalue weighted by Crippen LogP contribution is 2.35. The molecule has 1 aliphatic heterocycles. The average molecular weight is 716 g/mol. The summed E-state index contributed by atoms with van der Waals surface area (Å²) in [7, 11) is 2.96. The molecule has 4 rings (SSSR count). The van der Waals surface area contributed by atoms with E-state index in [4.69, 9.17) is 35.3 Å². The SMILES string of the molecule is CCOC(=O)C1=C(C)NC(=O)N[C@@H]1c1ccc(OCC(=O)N/N=C\c2cc(OC)c(OCc3ccc(Cl)cc3)cc2Br)c(OC)c1. The van der Waals surface area contributed by atoms with E-state index in [-0.39, 0.29) is 30.3 Å². The maximum atomic E-state index is 12.6. The Morgan fingerprint density at radius 2 is 1.72 bits per heavy atom. The lowest BCUT2D eigenvalue weighted by Crippen LogP contribution is -2.45. The van der Waals surface area contributed by atoms with Crippen molar-refractivity contribution in [2.75, 3.05) is 27.4 Å². The van der Waals surface area contributed by atoms with Crippen molar-refractivity contribution in [2.24, 2.45) is 5.10 Å². The first-order chi connectivity index (χ1) is 22.1. The summed E-state index contributed by atoms with van der Waals surface area (Å²) >= 11 is 9.45. The number of hydrazone groups is 1. The predicted octanol–water partition coefficient (Wildman–Crippen LogP) is 5.42. The summed E-state index contributed by atoms with van der Waals surface area (Å²) in [5.41, 5.74) is 5.19. The van der Waals surface area contributed by atoms with Gasteiger partial charge in [-0.05, 0) is 77.3 Å². The molecule has 242 valence electrons. The van der Waals surface area contributed by atoms with E-state index in [9.17, 15) is 14.4 Å². The van der Waals surface area contributed by atoms with Crippen LogP contribution in [0.4, 0.5) is 4.79 Å². The molecule has 0 aromatic heterocycles. The van der Waals surface area contributed by atoms with E-state index >= 15 is 0 Å². The van der Waals surface area contributed by atoms with Crippen LogP contribution in [0.2, 0.25) is 5.02 Å².